The SMILES string of the molecule is CCCCC.c1ccc2c(c1)OCO2. The lowest BCUT2D eigenvalue weighted by atomic mass is 10.3. The van der Waals surface area contributed by atoms with E-state index in [1.165, 1.54) is 19.3 Å². The lowest BCUT2D eigenvalue weighted by molar-refractivity contribution is 0.174. The van der Waals surface area contributed by atoms with Gasteiger partial charge >= 0.3 is 0 Å². The van der Waals surface area contributed by atoms with E-state index in [1.54, 1.807) is 0 Å². The number of benzene rings is 1. The predicted octanol–water partition coefficient (Wildman–Crippen LogP) is 3.61. The van der Waals surface area contributed by atoms with Crippen molar-refractivity contribution in [2.45, 2.75) is 33.1 Å². The van der Waals surface area contributed by atoms with E-state index < -0.39 is 0 Å². The molecule has 78 valence electrons. The number of fused-ring (bicyclic) bond motifs is 1. The van der Waals surface area contributed by atoms with Crippen molar-refractivity contribution < 1.29 is 9.47 Å². The standard InChI is InChI=1S/C7H6O2.C5H12/c1-2-4-7-6(3-1)8-5-9-7;1-3-5-4-2/h1-4H,5H2;3-5H2,1-2H3. The van der Waals surface area contributed by atoms with Crippen molar-refractivity contribution in [2.75, 3.05) is 6.79 Å². The molecule has 2 heteroatoms. The minimum absolute atomic E-state index is 0.360. The number of rotatable bonds is 2. The summed E-state index contributed by atoms with van der Waals surface area (Å²) >= 11 is 0. The zero-order chi connectivity index (χ0) is 10.2. The minimum Gasteiger partial charge on any atom is -0.454 e. The van der Waals surface area contributed by atoms with E-state index in [0.717, 1.165) is 11.5 Å². The van der Waals surface area contributed by atoms with E-state index in [9.17, 15) is 0 Å². The van der Waals surface area contributed by atoms with Gasteiger partial charge in [-0.15, -0.1) is 0 Å². The molecule has 0 amide bonds. The fourth-order valence-corrected chi connectivity index (χ4v) is 1.20. The average Bonchev–Trinajstić information content (AvgIpc) is 2.67. The molecular formula is C12H18O2. The molecule has 1 aromatic rings. The van der Waals surface area contributed by atoms with Gasteiger partial charge in [0.1, 0.15) is 0 Å². The average molecular weight is 194 g/mol. The van der Waals surface area contributed by atoms with Crippen molar-refractivity contribution >= 4 is 0 Å². The van der Waals surface area contributed by atoms with Gasteiger partial charge < -0.3 is 9.47 Å². The molecule has 0 unspecified atom stereocenters. The number of para-hydroxylation sites is 2. The van der Waals surface area contributed by atoms with Crippen molar-refractivity contribution in [3.05, 3.63) is 24.3 Å². The fourth-order valence-electron chi connectivity index (χ4n) is 1.20. The second-order valence-corrected chi connectivity index (χ2v) is 3.21. The Morgan fingerprint density at radius 1 is 1.00 bits per heavy atom. The highest BCUT2D eigenvalue weighted by Gasteiger charge is 2.09. The number of ether oxygens (including phenoxy) is 2. The molecule has 0 atom stereocenters. The first-order chi connectivity index (χ1) is 6.88. The fraction of sp³-hybridized carbons (Fsp3) is 0.500. The van der Waals surface area contributed by atoms with E-state index in [1.807, 2.05) is 24.3 Å². The third kappa shape index (κ3) is 3.29. The molecule has 2 nitrogen and oxygen atoms in total. The van der Waals surface area contributed by atoms with Gasteiger partial charge in [-0.1, -0.05) is 45.2 Å². The molecule has 1 aliphatic rings. The van der Waals surface area contributed by atoms with Crippen molar-refractivity contribution in [2.24, 2.45) is 0 Å². The summed E-state index contributed by atoms with van der Waals surface area (Å²) in [7, 11) is 0. The molecule has 2 rings (SSSR count). The Labute approximate surface area is 85.8 Å². The number of hydrogen-bond acceptors (Lipinski definition) is 2. The van der Waals surface area contributed by atoms with Crippen LogP contribution in [-0.4, -0.2) is 6.79 Å². The lowest BCUT2D eigenvalue weighted by Gasteiger charge is -1.89. The molecule has 0 aliphatic carbocycles. The van der Waals surface area contributed by atoms with Crippen LogP contribution in [0.15, 0.2) is 24.3 Å². The Bertz CT molecular complexity index is 233. The largest absolute Gasteiger partial charge is 0.454 e. The van der Waals surface area contributed by atoms with Gasteiger partial charge in [-0.05, 0) is 12.1 Å². The molecule has 0 bridgehead atoms. The van der Waals surface area contributed by atoms with Crippen LogP contribution >= 0.6 is 0 Å². The second-order valence-electron chi connectivity index (χ2n) is 3.21. The Morgan fingerprint density at radius 3 is 1.86 bits per heavy atom. The lowest BCUT2D eigenvalue weighted by Crippen LogP contribution is -1.92. The first-order valence-corrected chi connectivity index (χ1v) is 5.23. The second kappa shape index (κ2) is 6.30. The van der Waals surface area contributed by atoms with E-state index in [4.69, 9.17) is 9.47 Å². The van der Waals surface area contributed by atoms with Gasteiger partial charge in [0.15, 0.2) is 11.5 Å². The monoisotopic (exact) mass is 194 g/mol. The molecule has 1 aromatic carbocycles. The molecule has 0 spiro atoms. The summed E-state index contributed by atoms with van der Waals surface area (Å²) < 4.78 is 10.2. The quantitative estimate of drug-likeness (QED) is 0.716. The van der Waals surface area contributed by atoms with E-state index in [2.05, 4.69) is 13.8 Å². The summed E-state index contributed by atoms with van der Waals surface area (Å²) in [6, 6.07) is 7.63. The van der Waals surface area contributed by atoms with Crippen molar-refractivity contribution in [3.63, 3.8) is 0 Å². The van der Waals surface area contributed by atoms with Crippen LogP contribution < -0.4 is 9.47 Å². The van der Waals surface area contributed by atoms with Crippen LogP contribution in [0.25, 0.3) is 0 Å². The summed E-state index contributed by atoms with van der Waals surface area (Å²) in [5, 5.41) is 0. The van der Waals surface area contributed by atoms with Crippen LogP contribution in [-0.2, 0) is 0 Å². The van der Waals surface area contributed by atoms with Gasteiger partial charge in [0.2, 0.25) is 6.79 Å². The zero-order valence-electron chi connectivity index (χ0n) is 8.95. The molecule has 0 N–H and O–H groups in total. The van der Waals surface area contributed by atoms with Gasteiger partial charge in [-0.25, -0.2) is 0 Å². The highest BCUT2D eigenvalue weighted by molar-refractivity contribution is 5.40. The summed E-state index contributed by atoms with van der Waals surface area (Å²) in [5.41, 5.74) is 0. The normalized spacial score (nSPS) is 11.9. The minimum atomic E-state index is 0.360. The van der Waals surface area contributed by atoms with Crippen molar-refractivity contribution in [1.29, 1.82) is 0 Å². The molecular weight excluding hydrogens is 176 g/mol. The molecule has 1 heterocycles. The maximum atomic E-state index is 5.08. The van der Waals surface area contributed by atoms with E-state index >= 15 is 0 Å². The maximum Gasteiger partial charge on any atom is 0.231 e. The first kappa shape index (κ1) is 10.9. The van der Waals surface area contributed by atoms with Gasteiger partial charge in [0, 0.05) is 0 Å². The molecule has 0 fully saturated rings. The zero-order valence-corrected chi connectivity index (χ0v) is 8.95. The predicted molar refractivity (Wildman–Crippen MR) is 57.8 cm³/mol. The molecule has 0 saturated heterocycles. The van der Waals surface area contributed by atoms with E-state index in [-0.39, 0.29) is 0 Å². The highest BCUT2D eigenvalue weighted by atomic mass is 16.7. The third-order valence-corrected chi connectivity index (χ3v) is 1.99. The van der Waals surface area contributed by atoms with Gasteiger partial charge in [-0.3, -0.25) is 0 Å². The van der Waals surface area contributed by atoms with Crippen LogP contribution in [0.2, 0.25) is 0 Å². The van der Waals surface area contributed by atoms with Crippen molar-refractivity contribution in [1.82, 2.24) is 0 Å². The van der Waals surface area contributed by atoms with Crippen LogP contribution in [0.5, 0.6) is 11.5 Å². The Balaban J connectivity index is 0.000000171. The van der Waals surface area contributed by atoms with E-state index in [0.29, 0.717) is 6.79 Å². The van der Waals surface area contributed by atoms with Crippen LogP contribution in [0.4, 0.5) is 0 Å². The van der Waals surface area contributed by atoms with Crippen LogP contribution in [0, 0.1) is 0 Å². The molecule has 0 saturated carbocycles. The first-order valence-electron chi connectivity index (χ1n) is 5.23. The Hall–Kier alpha value is -1.18. The maximum absolute atomic E-state index is 5.08. The Morgan fingerprint density at radius 2 is 1.50 bits per heavy atom. The van der Waals surface area contributed by atoms with Gasteiger partial charge in [-0.2, -0.15) is 0 Å². The third-order valence-electron chi connectivity index (χ3n) is 1.99. The molecule has 1 aliphatic heterocycles. The topological polar surface area (TPSA) is 18.5 Å². The molecule has 0 aromatic heterocycles. The summed E-state index contributed by atoms with van der Waals surface area (Å²) in [6.45, 7) is 4.78. The van der Waals surface area contributed by atoms with Crippen LogP contribution in [0.1, 0.15) is 33.1 Å². The van der Waals surface area contributed by atoms with Crippen molar-refractivity contribution in [3.8, 4) is 11.5 Å². The molecule has 0 radical (unpaired) electrons. The highest BCUT2D eigenvalue weighted by Crippen LogP contribution is 2.30. The summed E-state index contributed by atoms with van der Waals surface area (Å²) in [4.78, 5) is 0. The Kier molecular flexibility index (Phi) is 4.90. The van der Waals surface area contributed by atoms with Crippen LogP contribution in [0.3, 0.4) is 0 Å². The summed E-state index contributed by atoms with van der Waals surface area (Å²) in [6.07, 6.45) is 4.08. The summed E-state index contributed by atoms with van der Waals surface area (Å²) in [5.74, 6) is 1.69. The van der Waals surface area contributed by atoms with Gasteiger partial charge in [0.25, 0.3) is 0 Å². The number of unbranched alkanes of at least 4 members (excludes halogenated alkanes) is 2. The smallest absolute Gasteiger partial charge is 0.231 e. The molecule has 14 heavy (non-hydrogen) atoms. The number of hydrogen-bond donors (Lipinski definition) is 0. The van der Waals surface area contributed by atoms with Gasteiger partial charge in [0.05, 0.1) is 0 Å².